The number of furan rings is 1. The Kier molecular flexibility index (Phi) is 4.95. The van der Waals surface area contributed by atoms with E-state index in [4.69, 9.17) is 4.42 Å². The molecule has 0 saturated carbocycles. The number of amides is 1. The number of rotatable bonds is 5. The molecule has 0 fully saturated rings. The minimum absolute atomic E-state index is 0.00172. The quantitative estimate of drug-likeness (QED) is 0.523. The van der Waals surface area contributed by atoms with Gasteiger partial charge in [-0.2, -0.15) is 5.10 Å². The van der Waals surface area contributed by atoms with Crippen molar-refractivity contribution < 1.29 is 17.6 Å². The van der Waals surface area contributed by atoms with Crippen molar-refractivity contribution in [1.29, 1.82) is 0 Å². The Bertz CT molecular complexity index is 1370. The average molecular weight is 423 g/mol. The summed E-state index contributed by atoms with van der Waals surface area (Å²) in [5, 5.41) is 7.89. The molecule has 0 saturated heterocycles. The smallest absolute Gasteiger partial charge is 0.291 e. The maximum Gasteiger partial charge on any atom is 0.291 e. The van der Waals surface area contributed by atoms with Crippen molar-refractivity contribution in [2.45, 2.75) is 19.6 Å². The Morgan fingerprint density at radius 3 is 2.57 bits per heavy atom. The van der Waals surface area contributed by atoms with Crippen LogP contribution >= 0.6 is 0 Å². The number of carbonyl (C=O) groups excluding carboxylic acids is 1. The second kappa shape index (κ2) is 7.46. The number of sulfone groups is 1. The summed E-state index contributed by atoms with van der Waals surface area (Å²) in [4.78, 5) is 13.0. The first-order chi connectivity index (χ1) is 14.2. The van der Waals surface area contributed by atoms with E-state index in [1.165, 1.54) is 0 Å². The van der Waals surface area contributed by atoms with Crippen molar-refractivity contribution in [2.75, 3.05) is 11.6 Å². The number of nitrogens with one attached hydrogen (secondary N) is 1. The van der Waals surface area contributed by atoms with E-state index in [9.17, 15) is 13.2 Å². The molecule has 0 aliphatic carbocycles. The minimum atomic E-state index is -3.36. The molecular formula is C22H21N3O4S. The van der Waals surface area contributed by atoms with Crippen molar-refractivity contribution in [3.8, 4) is 5.69 Å². The number of hydrogen-bond acceptors (Lipinski definition) is 5. The summed E-state index contributed by atoms with van der Waals surface area (Å²) >= 11 is 0. The molecule has 2 aromatic heterocycles. The van der Waals surface area contributed by atoms with Crippen molar-refractivity contribution >= 4 is 32.4 Å². The van der Waals surface area contributed by atoms with Gasteiger partial charge in [0.1, 0.15) is 5.58 Å². The normalized spacial score (nSPS) is 11.7. The van der Waals surface area contributed by atoms with Crippen LogP contribution in [0.3, 0.4) is 0 Å². The third-order valence-corrected chi connectivity index (χ3v) is 5.48. The summed E-state index contributed by atoms with van der Waals surface area (Å²) in [5.41, 5.74) is 4.06. The maximum absolute atomic E-state index is 13.0. The Labute approximate surface area is 174 Å². The van der Waals surface area contributed by atoms with Crippen LogP contribution in [0.4, 0.5) is 5.69 Å². The molecule has 1 amide bonds. The van der Waals surface area contributed by atoms with Crippen LogP contribution in [-0.4, -0.2) is 30.4 Å². The topological polar surface area (TPSA) is 94.2 Å². The number of fused-ring (bicyclic) bond motifs is 1. The summed E-state index contributed by atoms with van der Waals surface area (Å²) in [7, 11) is -3.36. The van der Waals surface area contributed by atoms with Gasteiger partial charge < -0.3 is 9.73 Å². The van der Waals surface area contributed by atoms with Crippen LogP contribution in [-0.2, 0) is 15.6 Å². The standard InChI is InChI=1S/C22H21N3O4S/c1-14-11-15(2)25(24-14)17-8-6-7-16(12-17)23-22(26)21-19(13-30(3,27)28)18-9-4-5-10-20(18)29-21/h4-12H,13H2,1-3H3,(H,23,26). The molecule has 1 N–H and O–H groups in total. The molecule has 0 spiro atoms. The largest absolute Gasteiger partial charge is 0.451 e. The number of hydrogen-bond donors (Lipinski definition) is 1. The van der Waals surface area contributed by atoms with Gasteiger partial charge in [0, 0.05) is 28.6 Å². The van der Waals surface area contributed by atoms with Gasteiger partial charge in [-0.15, -0.1) is 0 Å². The minimum Gasteiger partial charge on any atom is -0.451 e. The second-order valence-electron chi connectivity index (χ2n) is 7.32. The molecule has 7 nitrogen and oxygen atoms in total. The molecule has 2 heterocycles. The third-order valence-electron chi connectivity index (χ3n) is 4.67. The van der Waals surface area contributed by atoms with Gasteiger partial charge in [-0.25, -0.2) is 13.1 Å². The van der Waals surface area contributed by atoms with Gasteiger partial charge in [0.15, 0.2) is 15.6 Å². The first kappa shape index (κ1) is 19.9. The fourth-order valence-corrected chi connectivity index (χ4v) is 4.29. The van der Waals surface area contributed by atoms with Gasteiger partial charge in [-0.3, -0.25) is 4.79 Å². The Morgan fingerprint density at radius 2 is 1.87 bits per heavy atom. The molecule has 0 aliphatic heterocycles. The summed E-state index contributed by atoms with van der Waals surface area (Å²) in [5.74, 6) is -0.785. The van der Waals surface area contributed by atoms with E-state index in [0.717, 1.165) is 23.3 Å². The first-order valence-corrected chi connectivity index (χ1v) is 11.4. The fraction of sp³-hybridized carbons (Fsp3) is 0.182. The van der Waals surface area contributed by atoms with Crippen molar-refractivity contribution in [2.24, 2.45) is 0 Å². The van der Waals surface area contributed by atoms with E-state index in [1.54, 1.807) is 41.1 Å². The molecule has 30 heavy (non-hydrogen) atoms. The summed E-state index contributed by atoms with van der Waals surface area (Å²) < 4.78 is 31.4. The third kappa shape index (κ3) is 3.99. The van der Waals surface area contributed by atoms with Crippen LogP contribution in [0.1, 0.15) is 27.5 Å². The molecule has 0 radical (unpaired) electrons. The van der Waals surface area contributed by atoms with Crippen LogP contribution in [0.25, 0.3) is 16.7 Å². The number of para-hydroxylation sites is 1. The molecule has 2 aromatic carbocycles. The first-order valence-electron chi connectivity index (χ1n) is 9.34. The van der Waals surface area contributed by atoms with E-state index >= 15 is 0 Å². The zero-order chi connectivity index (χ0) is 21.5. The van der Waals surface area contributed by atoms with Crippen LogP contribution in [0, 0.1) is 13.8 Å². The van der Waals surface area contributed by atoms with Crippen molar-refractivity contribution in [1.82, 2.24) is 9.78 Å². The highest BCUT2D eigenvalue weighted by molar-refractivity contribution is 7.89. The molecule has 8 heteroatoms. The number of aryl methyl sites for hydroxylation is 2. The summed E-state index contributed by atoms with van der Waals surface area (Å²) in [6.07, 6.45) is 1.13. The van der Waals surface area contributed by atoms with Crippen LogP contribution in [0.15, 0.2) is 59.0 Å². The SMILES string of the molecule is Cc1cc(C)n(-c2cccc(NC(=O)c3oc4ccccc4c3CS(C)(=O)=O)c2)n1. The molecule has 4 rings (SSSR count). The van der Waals surface area contributed by atoms with E-state index < -0.39 is 15.7 Å². The highest BCUT2D eigenvalue weighted by Gasteiger charge is 2.23. The lowest BCUT2D eigenvalue weighted by atomic mass is 10.1. The van der Waals surface area contributed by atoms with Gasteiger partial charge in [-0.05, 0) is 44.2 Å². The van der Waals surface area contributed by atoms with Gasteiger partial charge in [-0.1, -0.05) is 24.3 Å². The maximum atomic E-state index is 13.0. The van der Waals surface area contributed by atoms with E-state index in [0.29, 0.717) is 22.2 Å². The van der Waals surface area contributed by atoms with Crippen LogP contribution in [0.2, 0.25) is 0 Å². The van der Waals surface area contributed by atoms with E-state index in [-0.39, 0.29) is 11.5 Å². The van der Waals surface area contributed by atoms with Gasteiger partial charge in [0.25, 0.3) is 5.91 Å². The molecule has 0 atom stereocenters. The van der Waals surface area contributed by atoms with Crippen LogP contribution in [0.5, 0.6) is 0 Å². The molecular weight excluding hydrogens is 402 g/mol. The van der Waals surface area contributed by atoms with Gasteiger partial charge in [0.2, 0.25) is 0 Å². The van der Waals surface area contributed by atoms with Gasteiger partial charge >= 0.3 is 0 Å². The van der Waals surface area contributed by atoms with Crippen molar-refractivity contribution in [3.63, 3.8) is 0 Å². The number of carbonyl (C=O) groups is 1. The number of aromatic nitrogens is 2. The average Bonchev–Trinajstić information content (AvgIpc) is 3.20. The molecule has 0 aliphatic rings. The Morgan fingerprint density at radius 1 is 1.10 bits per heavy atom. The predicted octanol–water partition coefficient (Wildman–Crippen LogP) is 4.03. The van der Waals surface area contributed by atoms with E-state index in [1.807, 2.05) is 32.0 Å². The monoisotopic (exact) mass is 423 g/mol. The number of benzene rings is 2. The van der Waals surface area contributed by atoms with Crippen LogP contribution < -0.4 is 5.32 Å². The Hall–Kier alpha value is -3.39. The summed E-state index contributed by atoms with van der Waals surface area (Å²) in [6, 6.07) is 16.3. The van der Waals surface area contributed by atoms with Gasteiger partial charge in [0.05, 0.1) is 17.1 Å². The predicted molar refractivity (Wildman–Crippen MR) is 116 cm³/mol. The lowest BCUT2D eigenvalue weighted by Crippen LogP contribution is -2.14. The fourth-order valence-electron chi connectivity index (χ4n) is 3.48. The molecule has 0 unspecified atom stereocenters. The number of anilines is 1. The number of nitrogens with zero attached hydrogens (tertiary/aromatic N) is 2. The highest BCUT2D eigenvalue weighted by Crippen LogP contribution is 2.28. The molecule has 154 valence electrons. The van der Waals surface area contributed by atoms with Crippen molar-refractivity contribution in [3.05, 3.63) is 77.3 Å². The lowest BCUT2D eigenvalue weighted by molar-refractivity contribution is 0.0998. The second-order valence-corrected chi connectivity index (χ2v) is 9.46. The Balaban J connectivity index is 1.70. The zero-order valence-electron chi connectivity index (χ0n) is 16.8. The summed E-state index contributed by atoms with van der Waals surface area (Å²) in [6.45, 7) is 3.87. The highest BCUT2D eigenvalue weighted by atomic mass is 32.2. The zero-order valence-corrected chi connectivity index (χ0v) is 17.7. The molecule has 0 bridgehead atoms. The molecule has 4 aromatic rings. The van der Waals surface area contributed by atoms with E-state index in [2.05, 4.69) is 10.4 Å². The lowest BCUT2D eigenvalue weighted by Gasteiger charge is -2.09.